The smallest absolute Gasteiger partial charge is 0.119 e. The number of rotatable bonds is 6. The highest BCUT2D eigenvalue weighted by molar-refractivity contribution is 5.29. The lowest BCUT2D eigenvalue weighted by Gasteiger charge is -2.19. The van der Waals surface area contributed by atoms with Crippen LogP contribution in [0.5, 0.6) is 5.75 Å². The minimum Gasteiger partial charge on any atom is -0.494 e. The summed E-state index contributed by atoms with van der Waals surface area (Å²) in [5.74, 6) is 1.55. The second-order valence-corrected chi connectivity index (χ2v) is 5.52. The van der Waals surface area contributed by atoms with E-state index < -0.39 is 0 Å². The molecule has 1 aromatic rings. The van der Waals surface area contributed by atoms with Gasteiger partial charge in [-0.1, -0.05) is 12.1 Å². The molecule has 1 saturated heterocycles. The van der Waals surface area contributed by atoms with Gasteiger partial charge in [0.2, 0.25) is 0 Å². The van der Waals surface area contributed by atoms with Crippen molar-refractivity contribution in [3.63, 3.8) is 0 Å². The first-order valence-electron chi connectivity index (χ1n) is 7.44. The predicted octanol–water partition coefficient (Wildman–Crippen LogP) is 2.91. The van der Waals surface area contributed by atoms with E-state index in [1.165, 1.54) is 18.4 Å². The molecule has 1 aliphatic heterocycles. The summed E-state index contributed by atoms with van der Waals surface area (Å²) in [6.07, 6.45) is 4.11. The number of nitrogens with one attached hydrogen (secondary N) is 1. The topological polar surface area (TPSA) is 30.5 Å². The highest BCUT2D eigenvalue weighted by atomic mass is 16.5. The maximum Gasteiger partial charge on any atom is 0.119 e. The fourth-order valence-corrected chi connectivity index (χ4v) is 2.74. The summed E-state index contributed by atoms with van der Waals surface area (Å²) in [6, 6.07) is 9.16. The average Bonchev–Trinajstić information content (AvgIpc) is 3.15. The van der Waals surface area contributed by atoms with Gasteiger partial charge in [0, 0.05) is 25.1 Å². The molecule has 1 aliphatic carbocycles. The first-order chi connectivity index (χ1) is 9.36. The highest BCUT2D eigenvalue weighted by Gasteiger charge is 2.31. The Bertz CT molecular complexity index is 400. The van der Waals surface area contributed by atoms with Crippen molar-refractivity contribution in [3.8, 4) is 5.75 Å². The lowest BCUT2D eigenvalue weighted by atomic mass is 9.95. The Labute approximate surface area is 115 Å². The molecule has 1 saturated carbocycles. The van der Waals surface area contributed by atoms with Gasteiger partial charge in [0.15, 0.2) is 0 Å². The van der Waals surface area contributed by atoms with Gasteiger partial charge >= 0.3 is 0 Å². The standard InChI is InChI=1S/C16H23NO2/c1-2-18-15-7-3-12(4-8-15)16-13(9-10-19-16)11-17-14-5-6-14/h3-4,7-8,13-14,16-17H,2,5-6,9-11H2,1H3. The van der Waals surface area contributed by atoms with Crippen LogP contribution < -0.4 is 10.1 Å². The zero-order chi connectivity index (χ0) is 13.1. The molecule has 104 valence electrons. The van der Waals surface area contributed by atoms with Gasteiger partial charge in [-0.05, 0) is 43.9 Å². The van der Waals surface area contributed by atoms with Crippen molar-refractivity contribution in [1.82, 2.24) is 5.32 Å². The Morgan fingerprint density at radius 2 is 2.00 bits per heavy atom. The molecule has 0 bridgehead atoms. The molecule has 0 aromatic heterocycles. The van der Waals surface area contributed by atoms with Gasteiger partial charge in [-0.15, -0.1) is 0 Å². The average molecular weight is 261 g/mol. The minimum atomic E-state index is 0.252. The zero-order valence-electron chi connectivity index (χ0n) is 11.6. The van der Waals surface area contributed by atoms with Gasteiger partial charge in [-0.3, -0.25) is 0 Å². The van der Waals surface area contributed by atoms with E-state index in [4.69, 9.17) is 9.47 Å². The van der Waals surface area contributed by atoms with Crippen molar-refractivity contribution in [1.29, 1.82) is 0 Å². The van der Waals surface area contributed by atoms with E-state index in [0.29, 0.717) is 12.5 Å². The Morgan fingerprint density at radius 1 is 1.21 bits per heavy atom. The molecular formula is C16H23NO2. The number of benzene rings is 1. The van der Waals surface area contributed by atoms with Crippen molar-refractivity contribution in [3.05, 3.63) is 29.8 Å². The third-order valence-corrected chi connectivity index (χ3v) is 3.98. The first-order valence-corrected chi connectivity index (χ1v) is 7.44. The third kappa shape index (κ3) is 3.28. The van der Waals surface area contributed by atoms with Gasteiger partial charge in [-0.2, -0.15) is 0 Å². The first kappa shape index (κ1) is 12.9. The highest BCUT2D eigenvalue weighted by Crippen LogP contribution is 2.35. The lowest BCUT2D eigenvalue weighted by Crippen LogP contribution is -2.26. The van der Waals surface area contributed by atoms with E-state index in [1.807, 2.05) is 19.1 Å². The Hall–Kier alpha value is -1.06. The maximum atomic E-state index is 5.92. The van der Waals surface area contributed by atoms with E-state index in [0.717, 1.165) is 31.4 Å². The molecule has 0 radical (unpaired) electrons. The van der Waals surface area contributed by atoms with Crippen LogP contribution in [0.4, 0.5) is 0 Å². The molecule has 0 amide bonds. The number of ether oxygens (including phenoxy) is 2. The molecule has 2 atom stereocenters. The summed E-state index contributed by atoms with van der Waals surface area (Å²) in [5.41, 5.74) is 1.28. The minimum absolute atomic E-state index is 0.252. The summed E-state index contributed by atoms with van der Waals surface area (Å²) in [4.78, 5) is 0. The quantitative estimate of drug-likeness (QED) is 0.854. The van der Waals surface area contributed by atoms with E-state index >= 15 is 0 Å². The number of hydrogen-bond acceptors (Lipinski definition) is 3. The Balaban J connectivity index is 1.61. The molecule has 1 aromatic carbocycles. The second kappa shape index (κ2) is 5.93. The van der Waals surface area contributed by atoms with E-state index in [9.17, 15) is 0 Å². The Morgan fingerprint density at radius 3 is 2.68 bits per heavy atom. The number of hydrogen-bond donors (Lipinski definition) is 1. The molecule has 2 aliphatic rings. The monoisotopic (exact) mass is 261 g/mol. The second-order valence-electron chi connectivity index (χ2n) is 5.52. The van der Waals surface area contributed by atoms with Crippen LogP contribution in [0.25, 0.3) is 0 Å². The van der Waals surface area contributed by atoms with Gasteiger partial charge in [0.05, 0.1) is 12.7 Å². The van der Waals surface area contributed by atoms with Crippen molar-refractivity contribution in [2.75, 3.05) is 19.8 Å². The molecule has 3 heteroatoms. The van der Waals surface area contributed by atoms with E-state index in [-0.39, 0.29) is 6.10 Å². The summed E-state index contributed by atoms with van der Waals surface area (Å²) >= 11 is 0. The van der Waals surface area contributed by atoms with Crippen molar-refractivity contribution < 1.29 is 9.47 Å². The largest absolute Gasteiger partial charge is 0.494 e. The van der Waals surface area contributed by atoms with E-state index in [2.05, 4.69) is 17.4 Å². The predicted molar refractivity (Wildman–Crippen MR) is 75.4 cm³/mol. The molecule has 3 rings (SSSR count). The van der Waals surface area contributed by atoms with Crippen LogP contribution in [0.1, 0.15) is 37.9 Å². The summed E-state index contributed by atoms with van der Waals surface area (Å²) in [7, 11) is 0. The van der Waals surface area contributed by atoms with Gasteiger partial charge < -0.3 is 14.8 Å². The fourth-order valence-electron chi connectivity index (χ4n) is 2.74. The van der Waals surface area contributed by atoms with Crippen molar-refractivity contribution >= 4 is 0 Å². The maximum absolute atomic E-state index is 5.92. The summed E-state index contributed by atoms with van der Waals surface area (Å²) < 4.78 is 11.4. The van der Waals surface area contributed by atoms with E-state index in [1.54, 1.807) is 0 Å². The van der Waals surface area contributed by atoms with Gasteiger partial charge in [-0.25, -0.2) is 0 Å². The molecule has 0 spiro atoms. The van der Waals surface area contributed by atoms with Crippen molar-refractivity contribution in [2.45, 2.75) is 38.3 Å². The van der Waals surface area contributed by atoms with Crippen molar-refractivity contribution in [2.24, 2.45) is 5.92 Å². The van der Waals surface area contributed by atoms with Gasteiger partial charge in [0.25, 0.3) is 0 Å². The van der Waals surface area contributed by atoms with Crippen LogP contribution >= 0.6 is 0 Å². The van der Waals surface area contributed by atoms with Crippen LogP contribution in [0.15, 0.2) is 24.3 Å². The molecule has 3 nitrogen and oxygen atoms in total. The van der Waals surface area contributed by atoms with Crippen LogP contribution in [0, 0.1) is 5.92 Å². The van der Waals surface area contributed by atoms with Crippen LogP contribution in [0.3, 0.4) is 0 Å². The SMILES string of the molecule is CCOc1ccc(C2OCCC2CNC2CC2)cc1. The molecule has 1 heterocycles. The normalized spacial score (nSPS) is 26.6. The molecular weight excluding hydrogens is 238 g/mol. The molecule has 1 N–H and O–H groups in total. The zero-order valence-corrected chi connectivity index (χ0v) is 11.6. The molecule has 19 heavy (non-hydrogen) atoms. The van der Waals surface area contributed by atoms with Crippen LogP contribution in [-0.2, 0) is 4.74 Å². The molecule has 2 unspecified atom stereocenters. The van der Waals surface area contributed by atoms with Gasteiger partial charge in [0.1, 0.15) is 5.75 Å². The third-order valence-electron chi connectivity index (χ3n) is 3.98. The van der Waals surface area contributed by atoms with Crippen LogP contribution in [0.2, 0.25) is 0 Å². The Kier molecular flexibility index (Phi) is 4.04. The lowest BCUT2D eigenvalue weighted by molar-refractivity contribution is 0.0904. The summed E-state index contributed by atoms with van der Waals surface area (Å²) in [5, 5.41) is 3.63. The fraction of sp³-hybridized carbons (Fsp3) is 0.625. The van der Waals surface area contributed by atoms with Crippen LogP contribution in [-0.4, -0.2) is 25.8 Å². The molecule has 2 fully saturated rings. The summed E-state index contributed by atoms with van der Waals surface area (Å²) in [6.45, 7) is 4.69.